The molecule has 40 heavy (non-hydrogen) atoms. The summed E-state index contributed by atoms with van der Waals surface area (Å²) in [6, 6.07) is 7.47. The molecule has 10 heteroatoms. The summed E-state index contributed by atoms with van der Waals surface area (Å²) in [5, 5.41) is 11.3. The Morgan fingerprint density at radius 3 is 2.90 bits per heavy atom. The van der Waals surface area contributed by atoms with Gasteiger partial charge in [-0.3, -0.25) is 4.90 Å². The van der Waals surface area contributed by atoms with Gasteiger partial charge in [0.05, 0.1) is 11.1 Å². The molecule has 1 N–H and O–H groups in total. The number of halogens is 2. The van der Waals surface area contributed by atoms with Crippen LogP contribution in [-0.4, -0.2) is 65.0 Å². The normalized spacial score (nSPS) is 20.9. The van der Waals surface area contributed by atoms with Crippen LogP contribution in [0.25, 0.3) is 33.0 Å². The molecule has 0 amide bonds. The first kappa shape index (κ1) is 26.4. The number of hydrogen-bond acceptors (Lipinski definition) is 8. The van der Waals surface area contributed by atoms with Gasteiger partial charge in [-0.25, -0.2) is 13.6 Å². The van der Waals surface area contributed by atoms with Gasteiger partial charge >= 0.3 is 11.6 Å². The van der Waals surface area contributed by atoms with Crippen LogP contribution in [0.1, 0.15) is 38.2 Å². The van der Waals surface area contributed by atoms with Crippen LogP contribution in [0.15, 0.2) is 39.5 Å². The van der Waals surface area contributed by atoms with Gasteiger partial charge in [-0.1, -0.05) is 19.1 Å². The summed E-state index contributed by atoms with van der Waals surface area (Å²) >= 11 is 0. The quantitative estimate of drug-likeness (QED) is 0.329. The summed E-state index contributed by atoms with van der Waals surface area (Å²) < 4.78 is 41.3. The molecule has 210 valence electrons. The number of phenolic OH excluding ortho intramolecular Hbond substituents is 1. The van der Waals surface area contributed by atoms with Gasteiger partial charge in [0.15, 0.2) is 5.82 Å². The van der Waals surface area contributed by atoms with Crippen LogP contribution >= 0.6 is 0 Å². The van der Waals surface area contributed by atoms with Gasteiger partial charge in [0.2, 0.25) is 0 Å². The van der Waals surface area contributed by atoms with Crippen molar-refractivity contribution in [3.05, 3.63) is 52.1 Å². The van der Waals surface area contributed by atoms with Crippen LogP contribution in [0, 0.1) is 12.7 Å². The highest BCUT2D eigenvalue weighted by molar-refractivity contribution is 6.00. The number of aromatic hydroxyl groups is 1. The van der Waals surface area contributed by atoms with Crippen molar-refractivity contribution in [3.63, 3.8) is 0 Å². The molecule has 2 aliphatic rings. The maximum atomic E-state index is 15.0. The number of benzene rings is 2. The number of phenols is 1. The zero-order valence-corrected chi connectivity index (χ0v) is 22.8. The second-order valence-electron chi connectivity index (χ2n) is 11.0. The molecule has 0 radical (unpaired) electrons. The lowest BCUT2D eigenvalue weighted by atomic mass is 9.95. The van der Waals surface area contributed by atoms with Gasteiger partial charge in [0.1, 0.15) is 35.5 Å². The number of alkyl halides is 1. The molecule has 2 aliphatic heterocycles. The van der Waals surface area contributed by atoms with E-state index in [0.29, 0.717) is 41.8 Å². The fourth-order valence-corrected chi connectivity index (χ4v) is 6.45. The van der Waals surface area contributed by atoms with E-state index in [-0.39, 0.29) is 46.0 Å². The van der Waals surface area contributed by atoms with Gasteiger partial charge in [-0.2, -0.15) is 9.97 Å². The Bertz CT molecular complexity index is 1680. The van der Waals surface area contributed by atoms with E-state index in [2.05, 4.69) is 14.9 Å². The van der Waals surface area contributed by atoms with E-state index in [9.17, 15) is 14.3 Å². The minimum absolute atomic E-state index is 0.0839. The fraction of sp³-hybridized carbons (Fsp3) is 0.433. The Morgan fingerprint density at radius 1 is 1.27 bits per heavy atom. The van der Waals surface area contributed by atoms with Crippen molar-refractivity contribution in [1.82, 2.24) is 14.9 Å². The highest BCUT2D eigenvalue weighted by Gasteiger charge is 2.49. The van der Waals surface area contributed by atoms with Crippen molar-refractivity contribution in [2.45, 2.75) is 51.2 Å². The third-order valence-electron chi connectivity index (χ3n) is 8.27. The van der Waals surface area contributed by atoms with Crippen LogP contribution in [0.5, 0.6) is 11.8 Å². The average molecular weight is 551 g/mol. The molecular weight excluding hydrogens is 518 g/mol. The minimum Gasteiger partial charge on any atom is -0.508 e. The van der Waals surface area contributed by atoms with Crippen molar-refractivity contribution in [3.8, 4) is 23.1 Å². The van der Waals surface area contributed by atoms with Crippen LogP contribution < -0.4 is 15.3 Å². The molecule has 6 rings (SSSR count). The van der Waals surface area contributed by atoms with Crippen LogP contribution in [0.3, 0.4) is 0 Å². The smallest absolute Gasteiger partial charge is 0.349 e. The van der Waals surface area contributed by atoms with E-state index in [1.807, 2.05) is 18.9 Å². The van der Waals surface area contributed by atoms with Gasteiger partial charge in [0.25, 0.3) is 0 Å². The Balaban J connectivity index is 1.52. The summed E-state index contributed by atoms with van der Waals surface area (Å²) in [5.74, 6) is -0.122. The summed E-state index contributed by atoms with van der Waals surface area (Å²) in [7, 11) is 1.83. The van der Waals surface area contributed by atoms with Crippen molar-refractivity contribution >= 4 is 27.5 Å². The molecule has 8 nitrogen and oxygen atoms in total. The zero-order valence-electron chi connectivity index (χ0n) is 22.8. The Kier molecular flexibility index (Phi) is 6.60. The maximum absolute atomic E-state index is 15.0. The fourth-order valence-electron chi connectivity index (χ4n) is 6.45. The maximum Gasteiger partial charge on any atom is 0.349 e. The number of fused-ring (bicyclic) bond motifs is 3. The molecular formula is C30H32F2N4O4. The molecule has 0 bridgehead atoms. The molecule has 0 spiro atoms. The number of rotatable bonds is 7. The number of nitrogens with zero attached hydrogens (tertiary/aromatic N) is 4. The SMILES string of the molecule is CCCN(C)c1nc(OC[C@@]23CCCN2C[C@H](F)C3)nc2c(C)c(-c3cc(O)cc4cccc(F)c34)oc(=O)c12. The average Bonchev–Trinajstić information content (AvgIpc) is 3.44. The van der Waals surface area contributed by atoms with Crippen molar-refractivity contribution in [1.29, 1.82) is 0 Å². The highest BCUT2D eigenvalue weighted by atomic mass is 19.1. The standard InChI is InChI=1S/C30H32F2N4O4/c1-4-10-35(3)27-24-25(33-29(34-27)39-16-30-9-6-11-36(30)15-19(31)14-30)17(2)26(40-28(24)38)21-13-20(37)12-18-7-5-8-22(32)23(18)21/h5,7-8,12-13,19,37H,4,6,9-11,14-16H2,1-3H3/t19-,30+/m1/s1. The van der Waals surface area contributed by atoms with Crippen LogP contribution in [0.4, 0.5) is 14.6 Å². The van der Waals surface area contributed by atoms with Gasteiger partial charge < -0.3 is 19.2 Å². The van der Waals surface area contributed by atoms with Gasteiger partial charge in [-0.05, 0) is 56.3 Å². The summed E-state index contributed by atoms with van der Waals surface area (Å²) in [6.07, 6.45) is 2.15. The lowest BCUT2D eigenvalue weighted by Gasteiger charge is -2.31. The van der Waals surface area contributed by atoms with Crippen molar-refractivity contribution < 1.29 is 23.0 Å². The van der Waals surface area contributed by atoms with Crippen molar-refractivity contribution in [2.75, 3.05) is 38.2 Å². The first-order chi connectivity index (χ1) is 19.2. The van der Waals surface area contributed by atoms with Crippen LogP contribution in [0.2, 0.25) is 0 Å². The van der Waals surface area contributed by atoms with Gasteiger partial charge in [0, 0.05) is 43.1 Å². The van der Waals surface area contributed by atoms with E-state index in [1.165, 1.54) is 18.2 Å². The number of hydrogen-bond donors (Lipinski definition) is 1. The molecule has 2 fully saturated rings. The third-order valence-corrected chi connectivity index (χ3v) is 8.27. The Hall–Kier alpha value is -3.79. The van der Waals surface area contributed by atoms with Gasteiger partial charge in [-0.15, -0.1) is 0 Å². The first-order valence-corrected chi connectivity index (χ1v) is 13.7. The molecule has 2 saturated heterocycles. The lowest BCUT2D eigenvalue weighted by Crippen LogP contribution is -2.43. The molecule has 0 aliphatic carbocycles. The summed E-state index contributed by atoms with van der Waals surface area (Å²) in [6.45, 7) is 5.86. The van der Waals surface area contributed by atoms with E-state index >= 15 is 4.39 Å². The summed E-state index contributed by atoms with van der Waals surface area (Å²) in [5.41, 5.74) is -0.0218. The predicted molar refractivity (Wildman–Crippen MR) is 149 cm³/mol. The minimum atomic E-state index is -0.889. The molecule has 4 aromatic rings. The monoisotopic (exact) mass is 550 g/mol. The first-order valence-electron chi connectivity index (χ1n) is 13.7. The van der Waals surface area contributed by atoms with E-state index < -0.39 is 17.6 Å². The summed E-state index contributed by atoms with van der Waals surface area (Å²) in [4.78, 5) is 26.8. The highest BCUT2D eigenvalue weighted by Crippen LogP contribution is 2.41. The number of aryl methyl sites for hydroxylation is 1. The van der Waals surface area contributed by atoms with E-state index in [0.717, 1.165) is 25.8 Å². The second-order valence-corrected chi connectivity index (χ2v) is 11.0. The molecule has 0 saturated carbocycles. The van der Waals surface area contributed by atoms with E-state index in [4.69, 9.17) is 9.15 Å². The zero-order chi connectivity index (χ0) is 28.2. The Labute approximate surface area is 230 Å². The molecule has 0 unspecified atom stereocenters. The second kappa shape index (κ2) is 9.99. The largest absolute Gasteiger partial charge is 0.508 e. The molecule has 2 atom stereocenters. The predicted octanol–water partition coefficient (Wildman–Crippen LogP) is 5.36. The van der Waals surface area contributed by atoms with Crippen LogP contribution in [-0.2, 0) is 0 Å². The number of ether oxygens (including phenoxy) is 1. The third kappa shape index (κ3) is 4.34. The molecule has 2 aromatic heterocycles. The Morgan fingerprint density at radius 2 is 2.10 bits per heavy atom. The lowest BCUT2D eigenvalue weighted by molar-refractivity contribution is 0.107. The topological polar surface area (TPSA) is 91.9 Å². The number of anilines is 1. The molecule has 2 aromatic carbocycles. The van der Waals surface area contributed by atoms with Crippen molar-refractivity contribution in [2.24, 2.45) is 0 Å². The molecule has 4 heterocycles. The van der Waals surface area contributed by atoms with E-state index in [1.54, 1.807) is 19.1 Å². The number of aromatic nitrogens is 2.